The minimum atomic E-state index is -0.414. The van der Waals surface area contributed by atoms with Gasteiger partial charge in [0.15, 0.2) is 0 Å². The van der Waals surface area contributed by atoms with Crippen molar-refractivity contribution in [3.05, 3.63) is 48.1 Å². The van der Waals surface area contributed by atoms with Crippen molar-refractivity contribution in [2.45, 2.75) is 37.2 Å². The summed E-state index contributed by atoms with van der Waals surface area (Å²) in [7, 11) is 0. The fourth-order valence-corrected chi connectivity index (χ4v) is 8.94. The smallest absolute Gasteiger partial charge is 1.00 e. The van der Waals surface area contributed by atoms with Gasteiger partial charge in [-0.3, -0.25) is 0 Å². The van der Waals surface area contributed by atoms with Gasteiger partial charge < -0.3 is 24.8 Å². The zero-order chi connectivity index (χ0) is 14.1. The van der Waals surface area contributed by atoms with Crippen LogP contribution >= 0.6 is 0 Å². The standard InChI is InChI=1S/C16H19.C3H6.2ClH.Zr/c1-2-14-15-10-6-5-9-13(15)11-16(14)12-7-3-4-8-12;1-3-2;;;/h3-7,9-11,13-16H,2,8H2,1H3;1-2H3;2*1H;/q;;;;+2/p-2. The van der Waals surface area contributed by atoms with Crippen LogP contribution in [0.1, 0.15) is 33.6 Å². The van der Waals surface area contributed by atoms with E-state index < -0.39 is 22.8 Å². The maximum Gasteiger partial charge on any atom is -1.00 e. The van der Waals surface area contributed by atoms with Crippen LogP contribution in [0.2, 0.25) is 3.63 Å². The Hall–Kier alpha value is 0.293. The molecule has 0 nitrogen and oxygen atoms in total. The molecule has 0 amide bonds. The molecule has 5 unspecified atom stereocenters. The summed E-state index contributed by atoms with van der Waals surface area (Å²) in [5.74, 6) is 3.37. The zero-order valence-corrected chi connectivity index (χ0v) is 17.6. The molecule has 0 bridgehead atoms. The van der Waals surface area contributed by atoms with Crippen molar-refractivity contribution in [2.24, 2.45) is 23.7 Å². The molecule has 3 aliphatic rings. The number of rotatable bonds is 3. The number of allylic oxidation sites excluding steroid dienone is 8. The third-order valence-corrected chi connectivity index (χ3v) is 9.20. The Balaban J connectivity index is 0.00000121. The summed E-state index contributed by atoms with van der Waals surface area (Å²) in [5.41, 5.74) is 1.74. The molecule has 3 heteroatoms. The van der Waals surface area contributed by atoms with Crippen molar-refractivity contribution in [1.29, 1.82) is 0 Å². The van der Waals surface area contributed by atoms with E-state index in [-0.39, 0.29) is 24.8 Å². The molecule has 0 heterocycles. The van der Waals surface area contributed by atoms with Crippen LogP contribution in [-0.2, 0) is 22.8 Å². The van der Waals surface area contributed by atoms with Crippen molar-refractivity contribution >= 4 is 3.21 Å². The van der Waals surface area contributed by atoms with Crippen molar-refractivity contribution < 1.29 is 47.6 Å². The van der Waals surface area contributed by atoms with Gasteiger partial charge in [0, 0.05) is 0 Å². The first-order valence-corrected chi connectivity index (χ1v) is 10.6. The van der Waals surface area contributed by atoms with E-state index in [0.717, 1.165) is 27.3 Å². The van der Waals surface area contributed by atoms with Crippen LogP contribution in [0.4, 0.5) is 0 Å². The van der Waals surface area contributed by atoms with Gasteiger partial charge in [0.25, 0.3) is 0 Å². The first-order valence-electron chi connectivity index (χ1n) is 7.99. The topological polar surface area (TPSA) is 0 Å². The van der Waals surface area contributed by atoms with Crippen LogP contribution in [-0.4, -0.2) is 3.21 Å². The van der Waals surface area contributed by atoms with Crippen LogP contribution in [0, 0.1) is 23.7 Å². The number of fused-ring (bicyclic) bond motifs is 1. The Kier molecular flexibility index (Phi) is 8.28. The number of hydrogen-bond donors (Lipinski definition) is 0. The molecule has 0 aliphatic heterocycles. The molecule has 0 spiro atoms. The van der Waals surface area contributed by atoms with E-state index in [2.05, 4.69) is 63.3 Å². The van der Waals surface area contributed by atoms with Gasteiger partial charge in [-0.1, -0.05) is 0 Å². The van der Waals surface area contributed by atoms with Crippen molar-refractivity contribution in [3.8, 4) is 0 Å². The van der Waals surface area contributed by atoms with Crippen molar-refractivity contribution in [2.75, 3.05) is 0 Å². The molecular formula is C19H25Cl2Zr. The van der Waals surface area contributed by atoms with Gasteiger partial charge in [-0.15, -0.1) is 0 Å². The van der Waals surface area contributed by atoms with Crippen LogP contribution in [0.25, 0.3) is 0 Å². The van der Waals surface area contributed by atoms with E-state index in [9.17, 15) is 0 Å². The monoisotopic (exact) mass is 413 g/mol. The fourth-order valence-electron chi connectivity index (χ4n) is 4.44. The van der Waals surface area contributed by atoms with E-state index in [0.29, 0.717) is 0 Å². The third-order valence-electron chi connectivity index (χ3n) is 5.13. The average molecular weight is 416 g/mol. The van der Waals surface area contributed by atoms with E-state index in [1.54, 1.807) is 8.78 Å². The normalized spacial score (nSPS) is 34.3. The van der Waals surface area contributed by atoms with E-state index in [1.165, 1.54) is 12.8 Å². The predicted octanol–water partition coefficient (Wildman–Crippen LogP) is -1.02. The van der Waals surface area contributed by atoms with Crippen LogP contribution in [0.15, 0.2) is 48.1 Å². The first-order chi connectivity index (χ1) is 9.72. The second-order valence-corrected chi connectivity index (χ2v) is 11.4. The molecule has 0 aromatic heterocycles. The van der Waals surface area contributed by atoms with Crippen LogP contribution < -0.4 is 24.8 Å². The summed E-state index contributed by atoms with van der Waals surface area (Å²) in [4.78, 5) is 0. The van der Waals surface area contributed by atoms with Gasteiger partial charge in [-0.25, -0.2) is 0 Å². The van der Waals surface area contributed by atoms with E-state index >= 15 is 0 Å². The maximum absolute atomic E-state index is 2.53. The molecule has 0 aromatic carbocycles. The van der Waals surface area contributed by atoms with Gasteiger partial charge >= 0.3 is 135 Å². The number of halogens is 2. The molecule has 3 rings (SSSR count). The summed E-state index contributed by atoms with van der Waals surface area (Å²) in [5, 5.41) is 0. The third kappa shape index (κ3) is 3.85. The molecular weight excluding hydrogens is 390 g/mol. The molecule has 1 saturated carbocycles. The number of hydrogen-bond acceptors (Lipinski definition) is 0. The summed E-state index contributed by atoms with van der Waals surface area (Å²) < 4.78 is 2.74. The fraction of sp³-hybridized carbons (Fsp3) is 0.526. The zero-order valence-electron chi connectivity index (χ0n) is 13.6. The van der Waals surface area contributed by atoms with Gasteiger partial charge in [0.1, 0.15) is 0 Å². The minimum Gasteiger partial charge on any atom is -1.00 e. The Morgan fingerprint density at radius 3 is 2.32 bits per heavy atom. The van der Waals surface area contributed by atoms with Crippen LogP contribution in [0.3, 0.4) is 0 Å². The molecule has 1 fully saturated rings. The first kappa shape index (κ1) is 20.3. The quantitative estimate of drug-likeness (QED) is 0.554. The SMILES string of the molecule is CCC1C2C=CC=CC2[CH]([Zr+2]=[C](C)C)C1C1=CC=CC1.[Cl-].[Cl-]. The Morgan fingerprint density at radius 1 is 1.09 bits per heavy atom. The van der Waals surface area contributed by atoms with Gasteiger partial charge in [-0.2, -0.15) is 0 Å². The Morgan fingerprint density at radius 2 is 1.77 bits per heavy atom. The van der Waals surface area contributed by atoms with Crippen molar-refractivity contribution in [3.63, 3.8) is 0 Å². The molecule has 5 atom stereocenters. The second-order valence-electron chi connectivity index (χ2n) is 6.57. The molecule has 0 N–H and O–H groups in total. The summed E-state index contributed by atoms with van der Waals surface area (Å²) in [6, 6.07) is 0. The Bertz CT molecular complexity index is 524. The summed E-state index contributed by atoms with van der Waals surface area (Å²) in [6.45, 7) is 7.15. The largest absolute Gasteiger partial charge is 1.00 e. The minimum absolute atomic E-state index is 0. The van der Waals surface area contributed by atoms with Crippen molar-refractivity contribution in [1.82, 2.24) is 0 Å². The van der Waals surface area contributed by atoms with Gasteiger partial charge in [0.2, 0.25) is 0 Å². The Labute approximate surface area is 159 Å². The van der Waals surface area contributed by atoms with E-state index in [4.69, 9.17) is 0 Å². The molecule has 22 heavy (non-hydrogen) atoms. The molecule has 3 aliphatic carbocycles. The predicted molar refractivity (Wildman–Crippen MR) is 84.5 cm³/mol. The summed E-state index contributed by atoms with van der Waals surface area (Å²) >= 11 is -0.414. The van der Waals surface area contributed by atoms with E-state index in [1.807, 2.05) is 0 Å². The maximum atomic E-state index is 2.53. The summed E-state index contributed by atoms with van der Waals surface area (Å²) in [6.07, 6.45) is 19.2. The van der Waals surface area contributed by atoms with Gasteiger partial charge in [-0.05, 0) is 0 Å². The second kappa shape index (κ2) is 8.95. The van der Waals surface area contributed by atoms with Gasteiger partial charge in [0.05, 0.1) is 0 Å². The molecule has 0 aromatic rings. The molecule has 0 saturated heterocycles. The van der Waals surface area contributed by atoms with Crippen LogP contribution in [0.5, 0.6) is 0 Å². The molecule has 0 radical (unpaired) electrons. The molecule has 119 valence electrons. The average Bonchev–Trinajstić information content (AvgIpc) is 3.04.